The lowest BCUT2D eigenvalue weighted by Crippen LogP contribution is -2.06. The molecule has 0 fully saturated rings. The lowest BCUT2D eigenvalue weighted by Gasteiger charge is -2.08. The number of thioether (sulfide) groups is 1. The van der Waals surface area contributed by atoms with Crippen molar-refractivity contribution in [3.63, 3.8) is 0 Å². The van der Waals surface area contributed by atoms with Gasteiger partial charge >= 0.3 is 5.97 Å². The van der Waals surface area contributed by atoms with Crippen LogP contribution in [0, 0.1) is 11.8 Å². The summed E-state index contributed by atoms with van der Waals surface area (Å²) >= 11 is 1.72. The average molecular weight is 403 g/mol. The van der Waals surface area contributed by atoms with Gasteiger partial charge in [0.1, 0.15) is 5.75 Å². The topological polar surface area (TPSA) is 35.5 Å². The first-order chi connectivity index (χ1) is 14.2. The highest BCUT2D eigenvalue weighted by atomic mass is 32.2. The molecule has 0 aliphatic carbocycles. The van der Waals surface area contributed by atoms with Crippen LogP contribution in [0.1, 0.15) is 17.5 Å². The predicted octanol–water partition coefficient (Wildman–Crippen LogP) is 5.46. The quantitative estimate of drug-likeness (QED) is 0.173. The van der Waals surface area contributed by atoms with Crippen molar-refractivity contribution in [2.45, 2.75) is 11.3 Å². The van der Waals surface area contributed by atoms with Crippen LogP contribution in [0.5, 0.6) is 5.75 Å². The number of esters is 1. The minimum absolute atomic E-state index is 0.320. The van der Waals surface area contributed by atoms with Crippen LogP contribution in [0.3, 0.4) is 0 Å². The Labute approximate surface area is 175 Å². The van der Waals surface area contributed by atoms with E-state index in [0.29, 0.717) is 19.6 Å². The van der Waals surface area contributed by atoms with Crippen LogP contribution in [-0.4, -0.2) is 25.4 Å². The number of carbonyl (C=O) groups excluding carboxylic acids is 1. The number of fused-ring (bicyclic) bond motifs is 1. The zero-order chi connectivity index (χ0) is 20.5. The van der Waals surface area contributed by atoms with Gasteiger partial charge in [0.2, 0.25) is 0 Å². The maximum atomic E-state index is 11.0. The molecule has 0 saturated heterocycles. The molecule has 29 heavy (non-hydrogen) atoms. The summed E-state index contributed by atoms with van der Waals surface area (Å²) in [5, 5.41) is 2.21. The summed E-state index contributed by atoms with van der Waals surface area (Å²) in [7, 11) is 0. The molecule has 0 saturated carbocycles. The Hall–Kier alpha value is -3.16. The molecule has 0 unspecified atom stereocenters. The van der Waals surface area contributed by atoms with E-state index in [1.165, 1.54) is 4.90 Å². The van der Waals surface area contributed by atoms with Gasteiger partial charge in [-0.3, -0.25) is 0 Å². The van der Waals surface area contributed by atoms with Crippen LogP contribution >= 0.6 is 11.8 Å². The molecule has 0 bridgehead atoms. The van der Waals surface area contributed by atoms with Gasteiger partial charge < -0.3 is 9.47 Å². The molecule has 0 aliphatic rings. The van der Waals surface area contributed by atoms with Gasteiger partial charge in [0.05, 0.1) is 13.2 Å². The molecule has 3 aromatic carbocycles. The van der Waals surface area contributed by atoms with Gasteiger partial charge in [-0.2, -0.15) is 0 Å². The lowest BCUT2D eigenvalue weighted by atomic mass is 10.1. The molecule has 3 aromatic rings. The molecule has 0 spiro atoms. The summed E-state index contributed by atoms with van der Waals surface area (Å²) in [6.45, 7) is 4.16. The van der Waals surface area contributed by atoms with Gasteiger partial charge in [-0.05, 0) is 65.6 Å². The predicted molar refractivity (Wildman–Crippen MR) is 119 cm³/mol. The molecular formula is C25H22O3S. The highest BCUT2D eigenvalue weighted by Gasteiger charge is 2.00. The summed E-state index contributed by atoms with van der Waals surface area (Å²) in [5.41, 5.74) is 1.98. The Bertz CT molecular complexity index is 1060. The van der Waals surface area contributed by atoms with E-state index in [9.17, 15) is 4.79 Å². The van der Waals surface area contributed by atoms with Crippen LogP contribution in [0.25, 0.3) is 10.8 Å². The van der Waals surface area contributed by atoms with E-state index in [0.717, 1.165) is 33.7 Å². The Balaban J connectivity index is 1.61. The fourth-order valence-electron chi connectivity index (χ4n) is 2.69. The molecule has 0 aromatic heterocycles. The van der Waals surface area contributed by atoms with Crippen molar-refractivity contribution < 1.29 is 14.3 Å². The molecule has 0 heterocycles. The van der Waals surface area contributed by atoms with Gasteiger partial charge in [-0.1, -0.05) is 30.6 Å². The van der Waals surface area contributed by atoms with Gasteiger partial charge in [-0.15, -0.1) is 11.8 Å². The van der Waals surface area contributed by atoms with Gasteiger partial charge in [0.15, 0.2) is 0 Å². The zero-order valence-corrected chi connectivity index (χ0v) is 17.1. The van der Waals surface area contributed by atoms with E-state index in [-0.39, 0.29) is 0 Å². The fraction of sp³-hybridized carbons (Fsp3) is 0.160. The highest BCUT2D eigenvalue weighted by Crippen LogP contribution is 2.22. The molecule has 0 amide bonds. The summed E-state index contributed by atoms with van der Waals surface area (Å²) in [6.07, 6.45) is 3.85. The molecule has 4 heteroatoms. The summed E-state index contributed by atoms with van der Waals surface area (Å²) in [4.78, 5) is 12.2. The van der Waals surface area contributed by atoms with Gasteiger partial charge in [-0.25, -0.2) is 4.79 Å². The summed E-state index contributed by atoms with van der Waals surface area (Å²) < 4.78 is 10.7. The summed E-state index contributed by atoms with van der Waals surface area (Å²) in [6, 6.07) is 20.4. The largest absolute Gasteiger partial charge is 0.493 e. The van der Waals surface area contributed by atoms with Crippen molar-refractivity contribution in [2.24, 2.45) is 0 Å². The minimum Gasteiger partial charge on any atom is -0.493 e. The molecule has 146 valence electrons. The molecule has 3 rings (SSSR count). The molecular weight excluding hydrogens is 380 g/mol. The molecule has 0 aliphatic heterocycles. The molecule has 3 nitrogen and oxygen atoms in total. The van der Waals surface area contributed by atoms with Gasteiger partial charge in [0, 0.05) is 28.5 Å². The average Bonchev–Trinajstić information content (AvgIpc) is 2.77. The SMILES string of the molecule is C=CC(=O)OCCCOc1ccc2cc(C#Cc3ccc(SC)cc3)ccc2c1. The van der Waals surface area contributed by atoms with Crippen molar-refractivity contribution in [3.8, 4) is 17.6 Å². The maximum absolute atomic E-state index is 11.0. The van der Waals surface area contributed by atoms with Gasteiger partial charge in [0.25, 0.3) is 0 Å². The number of hydrogen-bond donors (Lipinski definition) is 0. The van der Waals surface area contributed by atoms with Crippen molar-refractivity contribution in [3.05, 3.63) is 84.4 Å². The van der Waals surface area contributed by atoms with E-state index in [4.69, 9.17) is 9.47 Å². The smallest absolute Gasteiger partial charge is 0.330 e. The third kappa shape index (κ3) is 6.17. The van der Waals surface area contributed by atoms with Crippen molar-refractivity contribution in [2.75, 3.05) is 19.5 Å². The normalized spacial score (nSPS) is 10.1. The number of ether oxygens (including phenoxy) is 2. The number of carbonyl (C=O) groups is 1. The second-order valence-corrected chi connectivity index (χ2v) is 7.16. The Morgan fingerprint density at radius 2 is 1.66 bits per heavy atom. The van der Waals surface area contributed by atoms with Crippen LogP contribution < -0.4 is 4.74 Å². The fourth-order valence-corrected chi connectivity index (χ4v) is 3.10. The highest BCUT2D eigenvalue weighted by molar-refractivity contribution is 7.98. The second-order valence-electron chi connectivity index (χ2n) is 6.28. The van der Waals surface area contributed by atoms with E-state index in [1.54, 1.807) is 11.8 Å². The number of rotatable bonds is 7. The zero-order valence-electron chi connectivity index (χ0n) is 16.3. The third-order valence-electron chi connectivity index (χ3n) is 4.22. The van der Waals surface area contributed by atoms with E-state index < -0.39 is 5.97 Å². The molecule has 0 atom stereocenters. The first-order valence-corrected chi connectivity index (χ1v) is 10.5. The number of benzene rings is 3. The number of hydrogen-bond acceptors (Lipinski definition) is 4. The lowest BCUT2D eigenvalue weighted by molar-refractivity contribution is -0.137. The Morgan fingerprint density at radius 3 is 2.41 bits per heavy atom. The standard InChI is InChI=1S/C25H22O3S/c1-3-25(26)28-16-4-15-27-23-12-11-21-17-20(7-10-22(21)18-23)6-5-19-8-13-24(29-2)14-9-19/h3,7-14,17-18H,1,4,15-16H2,2H3. The minimum atomic E-state index is -0.411. The van der Waals surface area contributed by atoms with E-state index >= 15 is 0 Å². The maximum Gasteiger partial charge on any atom is 0.330 e. The molecule has 0 radical (unpaired) electrons. The summed E-state index contributed by atoms with van der Waals surface area (Å²) in [5.74, 6) is 6.83. The van der Waals surface area contributed by atoms with Crippen LogP contribution in [0.4, 0.5) is 0 Å². The third-order valence-corrected chi connectivity index (χ3v) is 4.96. The van der Waals surface area contributed by atoms with Crippen molar-refractivity contribution >= 4 is 28.5 Å². The van der Waals surface area contributed by atoms with Crippen LogP contribution in [-0.2, 0) is 9.53 Å². The van der Waals surface area contributed by atoms with E-state index in [2.05, 4.69) is 48.9 Å². The Kier molecular flexibility index (Phi) is 7.38. The Morgan fingerprint density at radius 1 is 0.966 bits per heavy atom. The van der Waals surface area contributed by atoms with Crippen LogP contribution in [0.15, 0.2) is 78.2 Å². The van der Waals surface area contributed by atoms with Crippen LogP contribution in [0.2, 0.25) is 0 Å². The first kappa shape index (κ1) is 20.6. The van der Waals surface area contributed by atoms with E-state index in [1.807, 2.05) is 36.4 Å². The first-order valence-electron chi connectivity index (χ1n) is 9.30. The second kappa shape index (κ2) is 10.4. The van der Waals surface area contributed by atoms with Crippen molar-refractivity contribution in [1.82, 2.24) is 0 Å². The van der Waals surface area contributed by atoms with Crippen molar-refractivity contribution in [1.29, 1.82) is 0 Å². The molecule has 0 N–H and O–H groups in total. The monoisotopic (exact) mass is 402 g/mol.